The molecule has 0 unspecified atom stereocenters. The summed E-state index contributed by atoms with van der Waals surface area (Å²) in [5.41, 5.74) is 0.768. The summed E-state index contributed by atoms with van der Waals surface area (Å²) in [6, 6.07) is 7.39. The van der Waals surface area contributed by atoms with Crippen molar-refractivity contribution in [2.75, 3.05) is 11.9 Å². The molecule has 0 bridgehead atoms. The predicted octanol–water partition coefficient (Wildman–Crippen LogP) is 3.57. The average molecular weight is 341 g/mol. The number of carboxylic acid groups (broad SMARTS) is 1. The molecule has 19 heavy (non-hydrogen) atoms. The van der Waals surface area contributed by atoms with Crippen LogP contribution in [0.4, 0.5) is 5.82 Å². The second kappa shape index (κ2) is 6.16. The lowest BCUT2D eigenvalue weighted by atomic mass is 10.2. The van der Waals surface area contributed by atoms with Crippen LogP contribution in [-0.4, -0.2) is 22.6 Å². The Bertz CT molecular complexity index is 598. The SMILES string of the molecule is Cc1nc(NCCc2ccc(Br)s2)ccc1C(=O)O. The predicted molar refractivity (Wildman–Crippen MR) is 80.1 cm³/mol. The molecule has 2 rings (SSSR count). The minimum absolute atomic E-state index is 0.243. The molecule has 0 aliphatic rings. The quantitative estimate of drug-likeness (QED) is 0.873. The number of aryl methyl sites for hydroxylation is 1. The van der Waals surface area contributed by atoms with Gasteiger partial charge in [-0.05, 0) is 53.5 Å². The normalized spacial score (nSPS) is 10.4. The van der Waals surface area contributed by atoms with E-state index in [1.807, 2.05) is 6.07 Å². The van der Waals surface area contributed by atoms with Crippen LogP contribution >= 0.6 is 27.3 Å². The van der Waals surface area contributed by atoms with E-state index in [0.717, 1.165) is 16.8 Å². The number of aromatic carboxylic acids is 1. The summed E-state index contributed by atoms with van der Waals surface area (Å²) < 4.78 is 1.13. The van der Waals surface area contributed by atoms with Crippen LogP contribution in [0, 0.1) is 6.92 Å². The Kier molecular flexibility index (Phi) is 4.55. The first kappa shape index (κ1) is 14.0. The monoisotopic (exact) mass is 340 g/mol. The lowest BCUT2D eigenvalue weighted by Crippen LogP contribution is -2.08. The van der Waals surface area contributed by atoms with Crippen molar-refractivity contribution in [3.63, 3.8) is 0 Å². The van der Waals surface area contributed by atoms with Crippen molar-refractivity contribution in [2.24, 2.45) is 0 Å². The first-order chi connectivity index (χ1) is 9.06. The molecule has 0 aromatic carbocycles. The average Bonchev–Trinajstić information content (AvgIpc) is 2.75. The van der Waals surface area contributed by atoms with Crippen molar-refractivity contribution < 1.29 is 9.90 Å². The number of anilines is 1. The van der Waals surface area contributed by atoms with Gasteiger partial charge in [0.05, 0.1) is 15.0 Å². The van der Waals surface area contributed by atoms with E-state index in [4.69, 9.17) is 5.11 Å². The van der Waals surface area contributed by atoms with Crippen molar-refractivity contribution in [3.8, 4) is 0 Å². The van der Waals surface area contributed by atoms with Gasteiger partial charge in [-0.25, -0.2) is 9.78 Å². The third-order valence-electron chi connectivity index (χ3n) is 2.62. The van der Waals surface area contributed by atoms with Crippen LogP contribution in [0.1, 0.15) is 20.9 Å². The van der Waals surface area contributed by atoms with Gasteiger partial charge >= 0.3 is 5.97 Å². The zero-order chi connectivity index (χ0) is 13.8. The van der Waals surface area contributed by atoms with Crippen LogP contribution < -0.4 is 5.32 Å². The molecule has 2 aromatic heterocycles. The van der Waals surface area contributed by atoms with Crippen molar-refractivity contribution in [3.05, 3.63) is 44.2 Å². The molecule has 0 aliphatic heterocycles. The number of carbonyl (C=O) groups is 1. The zero-order valence-corrected chi connectivity index (χ0v) is 12.7. The molecule has 100 valence electrons. The van der Waals surface area contributed by atoms with Gasteiger partial charge in [0.25, 0.3) is 0 Å². The van der Waals surface area contributed by atoms with Crippen LogP contribution in [0.5, 0.6) is 0 Å². The third-order valence-corrected chi connectivity index (χ3v) is 4.31. The number of pyridine rings is 1. The summed E-state index contributed by atoms with van der Waals surface area (Å²) >= 11 is 5.14. The standard InChI is InChI=1S/C13H13BrN2O2S/c1-8-10(13(17)18)3-5-12(16-8)15-7-6-9-2-4-11(14)19-9/h2-5H,6-7H2,1H3,(H,15,16)(H,17,18). The summed E-state index contributed by atoms with van der Waals surface area (Å²) in [5, 5.41) is 12.1. The molecule has 0 aliphatic carbocycles. The van der Waals surface area contributed by atoms with Crippen LogP contribution in [0.3, 0.4) is 0 Å². The molecule has 0 atom stereocenters. The molecule has 0 amide bonds. The number of halogens is 1. The summed E-state index contributed by atoms with van der Waals surface area (Å²) in [7, 11) is 0. The molecule has 0 saturated carbocycles. The second-order valence-electron chi connectivity index (χ2n) is 4.02. The molecule has 0 saturated heterocycles. The van der Waals surface area contributed by atoms with Crippen molar-refractivity contribution >= 4 is 39.1 Å². The van der Waals surface area contributed by atoms with Gasteiger partial charge < -0.3 is 10.4 Å². The Morgan fingerprint density at radius 3 is 2.79 bits per heavy atom. The Morgan fingerprint density at radius 2 is 2.21 bits per heavy atom. The minimum atomic E-state index is -0.944. The van der Waals surface area contributed by atoms with E-state index in [1.54, 1.807) is 30.4 Å². The molecule has 4 nitrogen and oxygen atoms in total. The molecule has 2 heterocycles. The fourth-order valence-corrected chi connectivity index (χ4v) is 3.17. The first-order valence-corrected chi connectivity index (χ1v) is 7.36. The zero-order valence-electron chi connectivity index (χ0n) is 10.3. The van der Waals surface area contributed by atoms with Crippen LogP contribution in [-0.2, 0) is 6.42 Å². The van der Waals surface area contributed by atoms with E-state index in [1.165, 1.54) is 4.88 Å². The highest BCUT2D eigenvalue weighted by Crippen LogP contribution is 2.22. The largest absolute Gasteiger partial charge is 0.478 e. The topological polar surface area (TPSA) is 62.2 Å². The molecular weight excluding hydrogens is 328 g/mol. The van der Waals surface area contributed by atoms with Gasteiger partial charge in [0.1, 0.15) is 5.82 Å². The smallest absolute Gasteiger partial charge is 0.337 e. The van der Waals surface area contributed by atoms with E-state index in [-0.39, 0.29) is 5.56 Å². The summed E-state index contributed by atoms with van der Waals surface area (Å²) in [4.78, 5) is 16.4. The molecule has 0 radical (unpaired) electrons. The third kappa shape index (κ3) is 3.78. The summed E-state index contributed by atoms with van der Waals surface area (Å²) in [5.74, 6) is -0.238. The number of nitrogens with zero attached hydrogens (tertiary/aromatic N) is 1. The van der Waals surface area contributed by atoms with E-state index in [2.05, 4.69) is 32.3 Å². The fraction of sp³-hybridized carbons (Fsp3) is 0.231. The molecule has 6 heteroatoms. The van der Waals surface area contributed by atoms with Crippen LogP contribution in [0.2, 0.25) is 0 Å². The first-order valence-electron chi connectivity index (χ1n) is 5.75. The molecule has 0 fully saturated rings. The molecule has 2 N–H and O–H groups in total. The fourth-order valence-electron chi connectivity index (χ4n) is 1.69. The number of hydrogen-bond acceptors (Lipinski definition) is 4. The van der Waals surface area contributed by atoms with E-state index < -0.39 is 5.97 Å². The lowest BCUT2D eigenvalue weighted by Gasteiger charge is -2.07. The van der Waals surface area contributed by atoms with Gasteiger partial charge in [0.15, 0.2) is 0 Å². The minimum Gasteiger partial charge on any atom is -0.478 e. The molecule has 2 aromatic rings. The van der Waals surface area contributed by atoms with Gasteiger partial charge in [0, 0.05) is 11.4 Å². The summed E-state index contributed by atoms with van der Waals surface area (Å²) in [6.45, 7) is 2.47. The van der Waals surface area contributed by atoms with Crippen molar-refractivity contribution in [1.82, 2.24) is 4.98 Å². The number of thiophene rings is 1. The number of hydrogen-bond donors (Lipinski definition) is 2. The maximum atomic E-state index is 10.9. The highest BCUT2D eigenvalue weighted by atomic mass is 79.9. The molecular formula is C13H13BrN2O2S. The Morgan fingerprint density at radius 1 is 1.42 bits per heavy atom. The van der Waals surface area contributed by atoms with E-state index in [9.17, 15) is 4.79 Å². The van der Waals surface area contributed by atoms with Gasteiger partial charge in [0.2, 0.25) is 0 Å². The van der Waals surface area contributed by atoms with E-state index in [0.29, 0.717) is 11.5 Å². The highest BCUT2D eigenvalue weighted by Gasteiger charge is 2.08. The number of carboxylic acids is 1. The number of nitrogens with one attached hydrogen (secondary N) is 1. The van der Waals surface area contributed by atoms with Crippen molar-refractivity contribution in [1.29, 1.82) is 0 Å². The number of rotatable bonds is 5. The van der Waals surface area contributed by atoms with Crippen LogP contribution in [0.15, 0.2) is 28.1 Å². The van der Waals surface area contributed by atoms with E-state index >= 15 is 0 Å². The maximum Gasteiger partial charge on any atom is 0.337 e. The van der Waals surface area contributed by atoms with Crippen molar-refractivity contribution in [2.45, 2.75) is 13.3 Å². The lowest BCUT2D eigenvalue weighted by molar-refractivity contribution is 0.0695. The van der Waals surface area contributed by atoms with Gasteiger partial charge in [-0.15, -0.1) is 11.3 Å². The van der Waals surface area contributed by atoms with Gasteiger partial charge in [-0.3, -0.25) is 0 Å². The van der Waals surface area contributed by atoms with Crippen LogP contribution in [0.25, 0.3) is 0 Å². The Hall–Kier alpha value is -1.40. The Balaban J connectivity index is 1.93. The molecule has 0 spiro atoms. The van der Waals surface area contributed by atoms with Gasteiger partial charge in [-0.2, -0.15) is 0 Å². The Labute approximate surface area is 123 Å². The van der Waals surface area contributed by atoms with Gasteiger partial charge in [-0.1, -0.05) is 0 Å². The maximum absolute atomic E-state index is 10.9. The highest BCUT2D eigenvalue weighted by molar-refractivity contribution is 9.11. The summed E-state index contributed by atoms with van der Waals surface area (Å²) in [6.07, 6.45) is 0.914. The number of aromatic nitrogens is 1. The second-order valence-corrected chi connectivity index (χ2v) is 6.56.